The highest BCUT2D eigenvalue weighted by Gasteiger charge is 2.22. The SMILES string of the molecule is Cc1cc(N2CCN(CC(=O)N(C)Cc3ccc(Br)cc3)CC2)nc(C(C)C)n1. The van der Waals surface area contributed by atoms with Gasteiger partial charge in [-0.05, 0) is 24.6 Å². The van der Waals surface area contributed by atoms with Gasteiger partial charge in [0.1, 0.15) is 11.6 Å². The fraction of sp³-hybridized carbons (Fsp3) is 0.500. The van der Waals surface area contributed by atoms with E-state index in [1.807, 2.05) is 38.2 Å². The molecule has 1 aliphatic heterocycles. The van der Waals surface area contributed by atoms with E-state index < -0.39 is 0 Å². The predicted octanol–water partition coefficient (Wildman–Crippen LogP) is 3.45. The molecule has 0 unspecified atom stereocenters. The van der Waals surface area contributed by atoms with Crippen LogP contribution in [-0.4, -0.2) is 65.4 Å². The maximum Gasteiger partial charge on any atom is 0.236 e. The number of halogens is 1. The molecule has 0 saturated carbocycles. The van der Waals surface area contributed by atoms with E-state index in [4.69, 9.17) is 4.98 Å². The maximum absolute atomic E-state index is 12.6. The molecule has 1 saturated heterocycles. The summed E-state index contributed by atoms with van der Waals surface area (Å²) in [6.45, 7) is 10.8. The number of aromatic nitrogens is 2. The van der Waals surface area contributed by atoms with E-state index in [-0.39, 0.29) is 5.91 Å². The Morgan fingerprint density at radius 1 is 1.14 bits per heavy atom. The van der Waals surface area contributed by atoms with Gasteiger partial charge in [0.25, 0.3) is 0 Å². The standard InChI is InChI=1S/C22H30BrN5O/c1-16(2)22-24-17(3)13-20(25-22)28-11-9-27(10-12-28)15-21(29)26(4)14-18-5-7-19(23)8-6-18/h5-8,13,16H,9-12,14-15H2,1-4H3. The van der Waals surface area contributed by atoms with Gasteiger partial charge in [0.05, 0.1) is 6.54 Å². The summed E-state index contributed by atoms with van der Waals surface area (Å²) in [7, 11) is 1.87. The third-order valence-electron chi connectivity index (χ3n) is 5.19. The molecule has 6 nitrogen and oxygen atoms in total. The van der Waals surface area contributed by atoms with Gasteiger partial charge < -0.3 is 9.80 Å². The summed E-state index contributed by atoms with van der Waals surface area (Å²) in [4.78, 5) is 28.3. The summed E-state index contributed by atoms with van der Waals surface area (Å²) in [6, 6.07) is 10.2. The van der Waals surface area contributed by atoms with E-state index in [9.17, 15) is 4.79 Å². The number of hydrogen-bond acceptors (Lipinski definition) is 5. The molecular weight excluding hydrogens is 430 g/mol. The summed E-state index contributed by atoms with van der Waals surface area (Å²) >= 11 is 3.44. The number of rotatable bonds is 6. The van der Waals surface area contributed by atoms with Gasteiger partial charge in [-0.1, -0.05) is 41.9 Å². The van der Waals surface area contributed by atoms with Gasteiger partial charge in [-0.25, -0.2) is 9.97 Å². The lowest BCUT2D eigenvalue weighted by Crippen LogP contribution is -2.50. The number of benzene rings is 1. The molecule has 29 heavy (non-hydrogen) atoms. The van der Waals surface area contributed by atoms with Gasteiger partial charge in [0.15, 0.2) is 0 Å². The van der Waals surface area contributed by atoms with Crippen LogP contribution < -0.4 is 4.90 Å². The molecule has 0 atom stereocenters. The van der Waals surface area contributed by atoms with Crippen LogP contribution in [-0.2, 0) is 11.3 Å². The smallest absolute Gasteiger partial charge is 0.236 e. The number of carbonyl (C=O) groups is 1. The van der Waals surface area contributed by atoms with Crippen LogP contribution in [0.15, 0.2) is 34.8 Å². The van der Waals surface area contributed by atoms with Crippen molar-refractivity contribution in [3.8, 4) is 0 Å². The number of anilines is 1. The van der Waals surface area contributed by atoms with Crippen LogP contribution in [0.5, 0.6) is 0 Å². The van der Waals surface area contributed by atoms with Crippen LogP contribution in [0.25, 0.3) is 0 Å². The van der Waals surface area contributed by atoms with Crippen LogP contribution >= 0.6 is 15.9 Å². The molecule has 1 fully saturated rings. The molecule has 7 heteroatoms. The fourth-order valence-corrected chi connectivity index (χ4v) is 3.66. The largest absolute Gasteiger partial charge is 0.354 e. The molecule has 0 N–H and O–H groups in total. The summed E-state index contributed by atoms with van der Waals surface area (Å²) in [5, 5.41) is 0. The van der Waals surface area contributed by atoms with Crippen molar-refractivity contribution in [2.24, 2.45) is 0 Å². The van der Waals surface area contributed by atoms with Crippen LogP contribution in [0, 0.1) is 6.92 Å². The van der Waals surface area contributed by atoms with Crippen molar-refractivity contribution in [1.82, 2.24) is 19.8 Å². The van der Waals surface area contributed by atoms with Crippen molar-refractivity contribution in [3.05, 3.63) is 51.9 Å². The number of carbonyl (C=O) groups excluding carboxylic acids is 1. The summed E-state index contributed by atoms with van der Waals surface area (Å²) in [6.07, 6.45) is 0. The molecule has 156 valence electrons. The Hall–Kier alpha value is -1.99. The molecule has 1 amide bonds. The minimum absolute atomic E-state index is 0.154. The Morgan fingerprint density at radius 2 is 1.79 bits per heavy atom. The Labute approximate surface area is 182 Å². The summed E-state index contributed by atoms with van der Waals surface area (Å²) in [5.41, 5.74) is 2.14. The van der Waals surface area contributed by atoms with Crippen molar-refractivity contribution < 1.29 is 4.79 Å². The Balaban J connectivity index is 1.51. The zero-order valence-corrected chi connectivity index (χ0v) is 19.3. The van der Waals surface area contributed by atoms with Crippen LogP contribution in [0.4, 0.5) is 5.82 Å². The molecule has 0 aliphatic carbocycles. The first kappa shape index (κ1) is 21.7. The summed E-state index contributed by atoms with van der Waals surface area (Å²) in [5.74, 6) is 2.36. The van der Waals surface area contributed by atoms with E-state index in [1.54, 1.807) is 4.90 Å². The Bertz CT molecular complexity index is 832. The fourth-order valence-electron chi connectivity index (χ4n) is 3.39. The van der Waals surface area contributed by atoms with Crippen molar-refractivity contribution in [3.63, 3.8) is 0 Å². The average Bonchev–Trinajstić information content (AvgIpc) is 2.69. The molecule has 2 aromatic rings. The highest BCUT2D eigenvalue weighted by Crippen LogP contribution is 2.19. The number of likely N-dealkylation sites (N-methyl/N-ethyl adjacent to an activating group) is 1. The van der Waals surface area contributed by atoms with Crippen LogP contribution in [0.3, 0.4) is 0 Å². The molecule has 3 rings (SSSR count). The quantitative estimate of drug-likeness (QED) is 0.661. The Morgan fingerprint density at radius 3 is 2.41 bits per heavy atom. The normalized spacial score (nSPS) is 15.0. The first-order valence-electron chi connectivity index (χ1n) is 10.1. The first-order chi connectivity index (χ1) is 13.8. The van der Waals surface area contributed by atoms with Crippen molar-refractivity contribution in [1.29, 1.82) is 0 Å². The third-order valence-corrected chi connectivity index (χ3v) is 5.72. The molecule has 1 aromatic heterocycles. The van der Waals surface area contributed by atoms with E-state index in [0.717, 1.165) is 53.6 Å². The maximum atomic E-state index is 12.6. The van der Waals surface area contributed by atoms with Gasteiger partial charge in [-0.15, -0.1) is 0 Å². The monoisotopic (exact) mass is 459 g/mol. The Kier molecular flexibility index (Phi) is 7.24. The lowest BCUT2D eigenvalue weighted by molar-refractivity contribution is -0.131. The van der Waals surface area contributed by atoms with E-state index in [1.165, 1.54) is 0 Å². The van der Waals surface area contributed by atoms with Gasteiger partial charge in [0.2, 0.25) is 5.91 Å². The second-order valence-corrected chi connectivity index (χ2v) is 8.94. The number of amides is 1. The van der Waals surface area contributed by atoms with Gasteiger partial charge in [-0.2, -0.15) is 0 Å². The minimum atomic E-state index is 0.154. The third kappa shape index (κ3) is 6.00. The van der Waals surface area contributed by atoms with Gasteiger partial charge in [-0.3, -0.25) is 9.69 Å². The van der Waals surface area contributed by atoms with Crippen LogP contribution in [0.1, 0.15) is 36.8 Å². The predicted molar refractivity (Wildman–Crippen MR) is 120 cm³/mol. The molecule has 0 spiro atoms. The number of nitrogens with zero attached hydrogens (tertiary/aromatic N) is 5. The second kappa shape index (κ2) is 9.67. The van der Waals surface area contributed by atoms with Crippen molar-refractivity contribution >= 4 is 27.7 Å². The second-order valence-electron chi connectivity index (χ2n) is 8.02. The highest BCUT2D eigenvalue weighted by molar-refractivity contribution is 9.10. The lowest BCUT2D eigenvalue weighted by Gasteiger charge is -2.36. The zero-order valence-electron chi connectivity index (χ0n) is 17.7. The molecule has 2 heterocycles. The molecule has 1 aliphatic rings. The average molecular weight is 460 g/mol. The van der Waals surface area contributed by atoms with E-state index in [2.05, 4.69) is 50.6 Å². The lowest BCUT2D eigenvalue weighted by atomic mass is 10.2. The first-order valence-corrected chi connectivity index (χ1v) is 10.9. The molecule has 1 aromatic carbocycles. The summed E-state index contributed by atoms with van der Waals surface area (Å²) < 4.78 is 1.05. The van der Waals surface area contributed by atoms with E-state index >= 15 is 0 Å². The zero-order chi connectivity index (χ0) is 21.0. The molecule has 0 radical (unpaired) electrons. The van der Waals surface area contributed by atoms with E-state index in [0.29, 0.717) is 19.0 Å². The number of hydrogen-bond donors (Lipinski definition) is 0. The highest BCUT2D eigenvalue weighted by atomic mass is 79.9. The van der Waals surface area contributed by atoms with Crippen molar-refractivity contribution in [2.75, 3.05) is 44.7 Å². The van der Waals surface area contributed by atoms with Gasteiger partial charge >= 0.3 is 0 Å². The van der Waals surface area contributed by atoms with Crippen LogP contribution in [0.2, 0.25) is 0 Å². The molecule has 0 bridgehead atoms. The molecular formula is C22H30BrN5O. The number of piperazine rings is 1. The van der Waals surface area contributed by atoms with Crippen molar-refractivity contribution in [2.45, 2.75) is 33.2 Å². The topological polar surface area (TPSA) is 52.6 Å². The number of aryl methyl sites for hydroxylation is 1. The van der Waals surface area contributed by atoms with Gasteiger partial charge in [0, 0.05) is 61.9 Å². The minimum Gasteiger partial charge on any atom is -0.354 e.